The molecule has 2 aromatic rings. The van der Waals surface area contributed by atoms with Gasteiger partial charge < -0.3 is 14.2 Å². The van der Waals surface area contributed by atoms with Gasteiger partial charge in [0.05, 0.1) is 26.1 Å². The van der Waals surface area contributed by atoms with Crippen LogP contribution in [0, 0.1) is 5.92 Å². The highest BCUT2D eigenvalue weighted by Gasteiger charge is 2.60. The molecule has 0 saturated heterocycles. The van der Waals surface area contributed by atoms with Gasteiger partial charge in [0, 0.05) is 36.4 Å². The van der Waals surface area contributed by atoms with Crippen molar-refractivity contribution in [2.24, 2.45) is 10.9 Å². The normalized spacial score (nSPS) is 24.2. The lowest BCUT2D eigenvalue weighted by molar-refractivity contribution is 0.170. The van der Waals surface area contributed by atoms with Crippen LogP contribution in [-0.2, 0) is 5.60 Å². The zero-order chi connectivity index (χ0) is 15.2. The van der Waals surface area contributed by atoms with Crippen molar-refractivity contribution in [1.82, 2.24) is 4.98 Å². The van der Waals surface area contributed by atoms with Crippen LogP contribution in [0.15, 0.2) is 41.7 Å². The van der Waals surface area contributed by atoms with E-state index in [1.807, 2.05) is 30.5 Å². The number of rotatable bonds is 4. The Kier molecular flexibility index (Phi) is 2.82. The van der Waals surface area contributed by atoms with Gasteiger partial charge in [-0.1, -0.05) is 0 Å². The minimum Gasteiger partial charge on any atom is -0.493 e. The lowest BCUT2D eigenvalue weighted by atomic mass is 10.00. The summed E-state index contributed by atoms with van der Waals surface area (Å²) < 4.78 is 17.0. The number of pyridine rings is 1. The van der Waals surface area contributed by atoms with Gasteiger partial charge in [0.2, 0.25) is 0 Å². The zero-order valence-corrected chi connectivity index (χ0v) is 12.4. The molecule has 0 radical (unpaired) electrons. The van der Waals surface area contributed by atoms with Gasteiger partial charge in [-0.05, 0) is 18.2 Å². The summed E-state index contributed by atoms with van der Waals surface area (Å²) >= 11 is 0. The predicted octanol–water partition coefficient (Wildman–Crippen LogP) is 3.11. The Balaban J connectivity index is 1.78. The van der Waals surface area contributed by atoms with Crippen LogP contribution in [0.25, 0.3) is 0 Å². The number of fused-ring (bicyclic) bond motifs is 3. The van der Waals surface area contributed by atoms with E-state index in [4.69, 9.17) is 14.2 Å². The number of ether oxygens (including phenoxy) is 3. The van der Waals surface area contributed by atoms with Crippen LogP contribution in [0.5, 0.6) is 17.2 Å². The molecule has 1 aromatic carbocycles. The van der Waals surface area contributed by atoms with E-state index in [2.05, 4.69) is 9.98 Å². The number of aromatic nitrogens is 1. The third-order valence-electron chi connectivity index (χ3n) is 4.25. The van der Waals surface area contributed by atoms with Gasteiger partial charge in [0.1, 0.15) is 11.4 Å². The quantitative estimate of drug-likeness (QED) is 0.870. The Morgan fingerprint density at radius 2 is 2.00 bits per heavy atom. The number of nitrogens with zero attached hydrogens (tertiary/aromatic N) is 2. The largest absolute Gasteiger partial charge is 0.493 e. The van der Waals surface area contributed by atoms with Crippen molar-refractivity contribution in [3.8, 4) is 17.2 Å². The third-order valence-corrected chi connectivity index (χ3v) is 4.25. The van der Waals surface area contributed by atoms with Crippen molar-refractivity contribution in [3.63, 3.8) is 0 Å². The maximum absolute atomic E-state index is 6.27. The Morgan fingerprint density at radius 1 is 1.18 bits per heavy atom. The second-order valence-electron chi connectivity index (χ2n) is 5.49. The fraction of sp³-hybridized carbons (Fsp3) is 0.294. The van der Waals surface area contributed by atoms with Crippen LogP contribution >= 0.6 is 0 Å². The Bertz CT molecular complexity index is 745. The number of hydrogen-bond donors (Lipinski definition) is 0. The molecule has 0 N–H and O–H groups in total. The van der Waals surface area contributed by atoms with Crippen LogP contribution < -0.4 is 14.2 Å². The zero-order valence-electron chi connectivity index (χ0n) is 12.4. The molecular weight excluding hydrogens is 280 g/mol. The minimum absolute atomic E-state index is 0.290. The van der Waals surface area contributed by atoms with Crippen LogP contribution in [0.4, 0.5) is 5.69 Å². The summed E-state index contributed by atoms with van der Waals surface area (Å²) in [7, 11) is 3.26. The highest BCUT2D eigenvalue weighted by atomic mass is 16.5. The van der Waals surface area contributed by atoms with E-state index in [1.54, 1.807) is 26.6 Å². The molecule has 0 bridgehead atoms. The minimum atomic E-state index is -0.361. The van der Waals surface area contributed by atoms with Crippen LogP contribution in [0.2, 0.25) is 0 Å². The second kappa shape index (κ2) is 4.73. The number of benzene rings is 1. The van der Waals surface area contributed by atoms with Crippen molar-refractivity contribution < 1.29 is 14.2 Å². The van der Waals surface area contributed by atoms with Gasteiger partial charge in [0.25, 0.3) is 0 Å². The molecule has 1 fully saturated rings. The third kappa shape index (κ3) is 1.85. The highest BCUT2D eigenvalue weighted by Crippen LogP contribution is 2.60. The molecule has 1 aliphatic heterocycles. The summed E-state index contributed by atoms with van der Waals surface area (Å²) in [6.07, 6.45) is 6.34. The van der Waals surface area contributed by atoms with Crippen molar-refractivity contribution in [2.45, 2.75) is 12.0 Å². The summed E-state index contributed by atoms with van der Waals surface area (Å²) in [5, 5.41) is 0. The molecule has 5 heteroatoms. The Hall–Kier alpha value is -2.56. The van der Waals surface area contributed by atoms with Crippen molar-refractivity contribution >= 4 is 11.9 Å². The van der Waals surface area contributed by atoms with Crippen molar-refractivity contribution in [1.29, 1.82) is 0 Å². The Morgan fingerprint density at radius 3 is 2.73 bits per heavy atom. The van der Waals surface area contributed by atoms with Gasteiger partial charge in [-0.3, -0.25) is 9.98 Å². The topological polar surface area (TPSA) is 52.9 Å². The van der Waals surface area contributed by atoms with E-state index in [1.165, 1.54) is 0 Å². The summed E-state index contributed by atoms with van der Waals surface area (Å²) in [6.45, 7) is 0. The number of aliphatic imine (C=N–C) groups is 1. The maximum atomic E-state index is 6.27. The average Bonchev–Trinajstić information content (AvgIpc) is 3.28. The standard InChI is InChI=1S/C17H16N2O3/c1-20-15-6-13-14(7-16(15)21-2)19-9-11-8-17(11,13)22-12-4-3-5-18-10-12/h3-7,9-11H,8H2,1-2H3. The molecule has 112 valence electrons. The van der Waals surface area contributed by atoms with Gasteiger partial charge >= 0.3 is 0 Å². The summed E-state index contributed by atoms with van der Waals surface area (Å²) in [5.41, 5.74) is 1.55. The maximum Gasteiger partial charge on any atom is 0.162 e. The van der Waals surface area contributed by atoms with E-state index < -0.39 is 0 Å². The molecule has 5 nitrogen and oxygen atoms in total. The molecule has 0 spiro atoms. The molecule has 1 aromatic heterocycles. The van der Waals surface area contributed by atoms with Gasteiger partial charge in [-0.15, -0.1) is 0 Å². The molecule has 0 amide bonds. The molecule has 1 aliphatic carbocycles. The smallest absolute Gasteiger partial charge is 0.162 e. The first-order valence-corrected chi connectivity index (χ1v) is 7.16. The van der Waals surface area contributed by atoms with Crippen LogP contribution in [0.1, 0.15) is 12.0 Å². The fourth-order valence-electron chi connectivity index (χ4n) is 3.02. The Labute approximate surface area is 128 Å². The van der Waals surface area contributed by atoms with E-state index in [9.17, 15) is 0 Å². The van der Waals surface area contributed by atoms with E-state index in [0.29, 0.717) is 17.4 Å². The molecule has 2 unspecified atom stereocenters. The fourth-order valence-corrected chi connectivity index (χ4v) is 3.02. The first-order valence-electron chi connectivity index (χ1n) is 7.16. The lowest BCUT2D eigenvalue weighted by Gasteiger charge is -2.24. The van der Waals surface area contributed by atoms with E-state index >= 15 is 0 Å². The molecule has 1 saturated carbocycles. The molecule has 2 heterocycles. The number of hydrogen-bond acceptors (Lipinski definition) is 5. The monoisotopic (exact) mass is 296 g/mol. The van der Waals surface area contributed by atoms with E-state index in [0.717, 1.165) is 23.4 Å². The van der Waals surface area contributed by atoms with Crippen LogP contribution in [0.3, 0.4) is 0 Å². The SMILES string of the molecule is COc1cc2c(cc1OC)C1(Oc3cccnc3)CC1C=N2. The average molecular weight is 296 g/mol. The first kappa shape index (κ1) is 13.1. The van der Waals surface area contributed by atoms with Gasteiger partial charge in [-0.25, -0.2) is 0 Å². The van der Waals surface area contributed by atoms with E-state index in [-0.39, 0.29) is 5.60 Å². The molecule has 22 heavy (non-hydrogen) atoms. The summed E-state index contributed by atoms with van der Waals surface area (Å²) in [5.74, 6) is 2.42. The molecule has 4 rings (SSSR count). The molecular formula is C17H16N2O3. The lowest BCUT2D eigenvalue weighted by Crippen LogP contribution is -2.22. The molecule has 2 aliphatic rings. The van der Waals surface area contributed by atoms with Crippen molar-refractivity contribution in [2.75, 3.05) is 14.2 Å². The molecule has 2 atom stereocenters. The second-order valence-corrected chi connectivity index (χ2v) is 5.49. The van der Waals surface area contributed by atoms with Crippen molar-refractivity contribution in [3.05, 3.63) is 42.2 Å². The predicted molar refractivity (Wildman–Crippen MR) is 82.3 cm³/mol. The van der Waals surface area contributed by atoms with Crippen LogP contribution in [-0.4, -0.2) is 25.4 Å². The van der Waals surface area contributed by atoms with Gasteiger partial charge in [-0.2, -0.15) is 0 Å². The number of methoxy groups -OCH3 is 2. The summed E-state index contributed by atoms with van der Waals surface area (Å²) in [6, 6.07) is 7.66. The summed E-state index contributed by atoms with van der Waals surface area (Å²) in [4.78, 5) is 8.64. The van der Waals surface area contributed by atoms with Gasteiger partial charge in [0.15, 0.2) is 11.5 Å². The highest BCUT2D eigenvalue weighted by molar-refractivity contribution is 5.80. The first-order chi connectivity index (χ1) is 10.8.